The van der Waals surface area contributed by atoms with Crippen molar-refractivity contribution in [3.63, 3.8) is 0 Å². The number of hydrogen-bond donors (Lipinski definition) is 1. The Kier molecular flexibility index (Phi) is 6.32. The second-order valence-electron chi connectivity index (χ2n) is 5.15. The van der Waals surface area contributed by atoms with E-state index in [2.05, 4.69) is 31.1 Å². The van der Waals surface area contributed by atoms with Gasteiger partial charge in [-0.05, 0) is 31.8 Å². The monoisotopic (exact) mass is 228 g/mol. The molecule has 96 valence electrons. The minimum atomic E-state index is 0.631. The number of rotatable bonds is 7. The molecule has 16 heavy (non-hydrogen) atoms. The van der Waals surface area contributed by atoms with E-state index in [1.54, 1.807) is 7.11 Å². The van der Waals surface area contributed by atoms with Crippen LogP contribution in [-0.4, -0.2) is 51.3 Å². The van der Waals surface area contributed by atoms with E-state index in [1.807, 2.05) is 0 Å². The number of nitrogens with one attached hydrogen (secondary N) is 1. The SMILES string of the molecule is CCC(C)C(CN1CCC(COC)C1)NC. The summed E-state index contributed by atoms with van der Waals surface area (Å²) in [7, 11) is 3.89. The molecule has 0 bridgehead atoms. The molecule has 0 saturated carbocycles. The fraction of sp³-hybridized carbons (Fsp3) is 1.00. The Hall–Kier alpha value is -0.120. The molecule has 3 nitrogen and oxygen atoms in total. The number of hydrogen-bond acceptors (Lipinski definition) is 3. The lowest BCUT2D eigenvalue weighted by Gasteiger charge is -2.27. The average molecular weight is 228 g/mol. The first-order valence-electron chi connectivity index (χ1n) is 6.59. The Balaban J connectivity index is 2.31. The van der Waals surface area contributed by atoms with Gasteiger partial charge in [-0.25, -0.2) is 0 Å². The summed E-state index contributed by atoms with van der Waals surface area (Å²) in [5.41, 5.74) is 0. The molecule has 3 atom stereocenters. The van der Waals surface area contributed by atoms with Crippen LogP contribution in [0, 0.1) is 11.8 Å². The Labute approximate surface area is 101 Å². The van der Waals surface area contributed by atoms with Crippen LogP contribution in [0.4, 0.5) is 0 Å². The van der Waals surface area contributed by atoms with Crippen molar-refractivity contribution in [1.82, 2.24) is 10.2 Å². The first-order chi connectivity index (χ1) is 7.71. The minimum absolute atomic E-state index is 0.631. The first-order valence-corrected chi connectivity index (χ1v) is 6.59. The van der Waals surface area contributed by atoms with Gasteiger partial charge in [0, 0.05) is 26.2 Å². The highest BCUT2D eigenvalue weighted by molar-refractivity contribution is 4.81. The number of likely N-dealkylation sites (N-methyl/N-ethyl adjacent to an activating group) is 1. The Morgan fingerprint density at radius 3 is 2.81 bits per heavy atom. The molecule has 1 aliphatic rings. The quantitative estimate of drug-likeness (QED) is 0.716. The Morgan fingerprint density at radius 1 is 1.50 bits per heavy atom. The third-order valence-electron chi connectivity index (χ3n) is 3.93. The highest BCUT2D eigenvalue weighted by atomic mass is 16.5. The second-order valence-corrected chi connectivity index (χ2v) is 5.15. The van der Waals surface area contributed by atoms with Gasteiger partial charge in [-0.3, -0.25) is 0 Å². The average Bonchev–Trinajstić information content (AvgIpc) is 2.73. The molecular weight excluding hydrogens is 200 g/mol. The molecule has 1 heterocycles. The van der Waals surface area contributed by atoms with E-state index in [-0.39, 0.29) is 0 Å². The molecular formula is C13H28N2O. The van der Waals surface area contributed by atoms with E-state index in [9.17, 15) is 0 Å². The van der Waals surface area contributed by atoms with Crippen LogP contribution < -0.4 is 5.32 Å². The van der Waals surface area contributed by atoms with Crippen molar-refractivity contribution in [3.05, 3.63) is 0 Å². The molecule has 1 N–H and O–H groups in total. The van der Waals surface area contributed by atoms with Crippen molar-refractivity contribution in [2.75, 3.05) is 40.4 Å². The molecule has 3 heteroatoms. The van der Waals surface area contributed by atoms with Crippen molar-refractivity contribution in [1.29, 1.82) is 0 Å². The summed E-state index contributed by atoms with van der Waals surface area (Å²) in [4.78, 5) is 2.58. The van der Waals surface area contributed by atoms with Gasteiger partial charge in [0.25, 0.3) is 0 Å². The Morgan fingerprint density at radius 2 is 2.25 bits per heavy atom. The minimum Gasteiger partial charge on any atom is -0.384 e. The van der Waals surface area contributed by atoms with Gasteiger partial charge in [-0.15, -0.1) is 0 Å². The van der Waals surface area contributed by atoms with E-state index in [1.165, 1.54) is 32.5 Å². The number of methoxy groups -OCH3 is 1. The molecule has 1 saturated heterocycles. The second kappa shape index (κ2) is 7.25. The zero-order valence-electron chi connectivity index (χ0n) is 11.3. The molecule has 1 fully saturated rings. The standard InChI is InChI=1S/C13H28N2O/c1-5-11(2)13(14-3)9-15-7-6-12(8-15)10-16-4/h11-14H,5-10H2,1-4H3. The van der Waals surface area contributed by atoms with E-state index >= 15 is 0 Å². The van der Waals surface area contributed by atoms with Crippen LogP contribution in [0.3, 0.4) is 0 Å². The first kappa shape index (κ1) is 13.9. The lowest BCUT2D eigenvalue weighted by Crippen LogP contribution is -2.42. The van der Waals surface area contributed by atoms with Gasteiger partial charge in [0.1, 0.15) is 0 Å². The maximum atomic E-state index is 5.23. The zero-order valence-corrected chi connectivity index (χ0v) is 11.3. The van der Waals surface area contributed by atoms with Gasteiger partial charge in [0.05, 0.1) is 6.61 Å². The van der Waals surface area contributed by atoms with Crippen molar-refractivity contribution in [2.24, 2.45) is 11.8 Å². The van der Waals surface area contributed by atoms with Gasteiger partial charge in [-0.2, -0.15) is 0 Å². The summed E-state index contributed by atoms with van der Waals surface area (Å²) < 4.78 is 5.23. The number of likely N-dealkylation sites (tertiary alicyclic amines) is 1. The largest absolute Gasteiger partial charge is 0.384 e. The van der Waals surface area contributed by atoms with E-state index in [0.717, 1.165) is 18.4 Å². The maximum absolute atomic E-state index is 5.23. The third kappa shape index (κ3) is 4.04. The topological polar surface area (TPSA) is 24.5 Å². The van der Waals surface area contributed by atoms with Crippen molar-refractivity contribution in [2.45, 2.75) is 32.7 Å². The summed E-state index contributed by atoms with van der Waals surface area (Å²) in [5, 5.41) is 3.45. The van der Waals surface area contributed by atoms with Crippen LogP contribution in [0.1, 0.15) is 26.7 Å². The third-order valence-corrected chi connectivity index (χ3v) is 3.93. The van der Waals surface area contributed by atoms with Gasteiger partial charge in [-0.1, -0.05) is 20.3 Å². The van der Waals surface area contributed by atoms with Crippen molar-refractivity contribution < 1.29 is 4.74 Å². The summed E-state index contributed by atoms with van der Waals surface area (Å²) >= 11 is 0. The highest BCUT2D eigenvalue weighted by Crippen LogP contribution is 2.18. The van der Waals surface area contributed by atoms with Gasteiger partial charge < -0.3 is 15.0 Å². The van der Waals surface area contributed by atoms with Gasteiger partial charge in [0.2, 0.25) is 0 Å². The summed E-state index contributed by atoms with van der Waals surface area (Å²) in [5.74, 6) is 1.51. The molecule has 0 aromatic heterocycles. The zero-order chi connectivity index (χ0) is 12.0. The maximum Gasteiger partial charge on any atom is 0.0503 e. The summed E-state index contributed by atoms with van der Waals surface area (Å²) in [6.07, 6.45) is 2.55. The fourth-order valence-corrected chi connectivity index (χ4v) is 2.57. The molecule has 1 rings (SSSR count). The van der Waals surface area contributed by atoms with E-state index in [4.69, 9.17) is 4.74 Å². The predicted octanol–water partition coefficient (Wildman–Crippen LogP) is 1.59. The van der Waals surface area contributed by atoms with Crippen molar-refractivity contribution in [3.8, 4) is 0 Å². The van der Waals surface area contributed by atoms with Crippen LogP contribution in [0.2, 0.25) is 0 Å². The van der Waals surface area contributed by atoms with Gasteiger partial charge >= 0.3 is 0 Å². The van der Waals surface area contributed by atoms with Gasteiger partial charge in [0.15, 0.2) is 0 Å². The molecule has 1 aliphatic heterocycles. The van der Waals surface area contributed by atoms with Crippen LogP contribution in [0.5, 0.6) is 0 Å². The molecule has 0 aliphatic carbocycles. The normalized spacial score (nSPS) is 25.9. The van der Waals surface area contributed by atoms with Crippen LogP contribution in [-0.2, 0) is 4.74 Å². The number of ether oxygens (including phenoxy) is 1. The molecule has 3 unspecified atom stereocenters. The van der Waals surface area contributed by atoms with E-state index in [0.29, 0.717) is 6.04 Å². The lowest BCUT2D eigenvalue weighted by molar-refractivity contribution is 0.150. The fourth-order valence-electron chi connectivity index (χ4n) is 2.57. The Bertz CT molecular complexity index is 187. The number of nitrogens with zero attached hydrogens (tertiary/aromatic N) is 1. The summed E-state index contributed by atoms with van der Waals surface area (Å²) in [6.45, 7) is 9.16. The van der Waals surface area contributed by atoms with Crippen molar-refractivity contribution >= 4 is 0 Å². The molecule has 0 radical (unpaired) electrons. The predicted molar refractivity (Wildman–Crippen MR) is 68.7 cm³/mol. The summed E-state index contributed by atoms with van der Waals surface area (Å²) in [6, 6.07) is 0.631. The molecule has 0 aromatic carbocycles. The van der Waals surface area contributed by atoms with Crippen LogP contribution >= 0.6 is 0 Å². The smallest absolute Gasteiger partial charge is 0.0503 e. The van der Waals surface area contributed by atoms with Crippen LogP contribution in [0.25, 0.3) is 0 Å². The van der Waals surface area contributed by atoms with E-state index < -0.39 is 0 Å². The highest BCUT2D eigenvalue weighted by Gasteiger charge is 2.25. The molecule has 0 aromatic rings. The lowest BCUT2D eigenvalue weighted by atomic mass is 9.99. The molecule has 0 spiro atoms. The van der Waals surface area contributed by atoms with Crippen LogP contribution in [0.15, 0.2) is 0 Å². The molecule has 0 amide bonds.